The lowest BCUT2D eigenvalue weighted by molar-refractivity contribution is 0.0144. The van der Waals surface area contributed by atoms with E-state index in [2.05, 4.69) is 15.9 Å². The number of nitrogens with zero attached hydrogens (tertiary/aromatic N) is 1. The predicted molar refractivity (Wildman–Crippen MR) is 131 cm³/mol. The summed E-state index contributed by atoms with van der Waals surface area (Å²) in [6, 6.07) is 14.0. The van der Waals surface area contributed by atoms with Crippen molar-refractivity contribution >= 4 is 15.9 Å². The molecule has 192 valence electrons. The molecule has 0 amide bonds. The Morgan fingerprint density at radius 2 is 1.54 bits per heavy atom. The molecule has 4 aromatic rings. The summed E-state index contributed by atoms with van der Waals surface area (Å²) >= 11 is 3.09. The van der Waals surface area contributed by atoms with Crippen LogP contribution in [0.3, 0.4) is 0 Å². The van der Waals surface area contributed by atoms with Gasteiger partial charge in [0.1, 0.15) is 58.0 Å². The first kappa shape index (κ1) is 26.6. The van der Waals surface area contributed by atoms with Crippen molar-refractivity contribution in [2.24, 2.45) is 0 Å². The maximum Gasteiger partial charge on any atom is 0.273 e. The number of hydrogen-bond acceptors (Lipinski definition) is 4. The average Bonchev–Trinajstić information content (AvgIpc) is 2.87. The molecule has 37 heavy (non-hydrogen) atoms. The standard InChI is InChI=1S/C27H20BrF4NO4/c1-14-21(25(35)24(34)15-6-3-2-4-7-15)26(37-13-16-10-11-17(29)12-20(16)32)22(28)27(36)33(14)23-18(30)8-5-9-19(23)31/h2-12,24-25,34-35H,13H2,1H3. The first-order valence-electron chi connectivity index (χ1n) is 11.0. The predicted octanol–water partition coefficient (Wildman–Crippen LogP) is 5.81. The van der Waals surface area contributed by atoms with E-state index in [4.69, 9.17) is 4.74 Å². The number of halogens is 5. The Hall–Kier alpha value is -3.47. The molecular weight excluding hydrogens is 558 g/mol. The van der Waals surface area contributed by atoms with Gasteiger partial charge in [0.05, 0.1) is 0 Å². The fourth-order valence-electron chi connectivity index (χ4n) is 3.99. The number of aromatic nitrogens is 1. The van der Waals surface area contributed by atoms with Crippen LogP contribution in [0.5, 0.6) is 5.75 Å². The van der Waals surface area contributed by atoms with Gasteiger partial charge in [-0.1, -0.05) is 36.4 Å². The summed E-state index contributed by atoms with van der Waals surface area (Å²) in [6.07, 6.45) is -3.28. The third-order valence-corrected chi connectivity index (χ3v) is 6.54. The molecule has 2 N–H and O–H groups in total. The summed E-state index contributed by atoms with van der Waals surface area (Å²) in [5.74, 6) is -4.05. The third kappa shape index (κ3) is 5.18. The molecule has 4 rings (SSSR count). The summed E-state index contributed by atoms with van der Waals surface area (Å²) < 4.78 is 63.0. The number of para-hydroxylation sites is 1. The highest BCUT2D eigenvalue weighted by atomic mass is 79.9. The van der Waals surface area contributed by atoms with Gasteiger partial charge in [-0.3, -0.25) is 9.36 Å². The number of hydrogen-bond donors (Lipinski definition) is 2. The van der Waals surface area contributed by atoms with Gasteiger partial charge >= 0.3 is 0 Å². The molecule has 0 radical (unpaired) electrons. The normalized spacial score (nSPS) is 12.9. The minimum atomic E-state index is -1.74. The van der Waals surface area contributed by atoms with Gasteiger partial charge in [0.25, 0.3) is 5.56 Å². The number of rotatable bonds is 7. The maximum absolute atomic E-state index is 14.7. The molecule has 1 aromatic heterocycles. The first-order valence-corrected chi connectivity index (χ1v) is 11.8. The quantitative estimate of drug-likeness (QED) is 0.272. The monoisotopic (exact) mass is 577 g/mol. The number of aliphatic hydroxyl groups is 2. The Morgan fingerprint density at radius 1 is 0.892 bits per heavy atom. The molecule has 0 spiro atoms. The summed E-state index contributed by atoms with van der Waals surface area (Å²) in [4.78, 5) is 13.3. The van der Waals surface area contributed by atoms with Gasteiger partial charge in [-0.15, -0.1) is 0 Å². The van der Waals surface area contributed by atoms with E-state index < -0.39 is 53.3 Å². The molecule has 2 atom stereocenters. The van der Waals surface area contributed by atoms with Crippen LogP contribution in [0, 0.1) is 30.2 Å². The lowest BCUT2D eigenvalue weighted by Crippen LogP contribution is -2.28. The zero-order chi connectivity index (χ0) is 26.9. The Balaban J connectivity index is 1.92. The summed E-state index contributed by atoms with van der Waals surface area (Å²) in [7, 11) is 0. The molecule has 10 heteroatoms. The molecule has 1 heterocycles. The highest BCUT2D eigenvalue weighted by Gasteiger charge is 2.31. The fraction of sp³-hybridized carbons (Fsp3) is 0.148. The van der Waals surface area contributed by atoms with E-state index in [1.165, 1.54) is 6.92 Å². The van der Waals surface area contributed by atoms with Crippen LogP contribution in [0.1, 0.15) is 34.6 Å². The Bertz CT molecular complexity index is 1490. The van der Waals surface area contributed by atoms with Gasteiger partial charge in [0.15, 0.2) is 0 Å². The molecule has 0 fully saturated rings. The van der Waals surface area contributed by atoms with E-state index >= 15 is 0 Å². The summed E-state index contributed by atoms with van der Waals surface area (Å²) in [5, 5.41) is 22.2. The van der Waals surface area contributed by atoms with Crippen LogP contribution in [-0.4, -0.2) is 14.8 Å². The molecule has 0 aliphatic carbocycles. The minimum absolute atomic E-state index is 0.0562. The molecule has 3 aromatic carbocycles. The van der Waals surface area contributed by atoms with Gasteiger partial charge in [0, 0.05) is 22.9 Å². The van der Waals surface area contributed by atoms with Gasteiger partial charge < -0.3 is 14.9 Å². The smallest absolute Gasteiger partial charge is 0.273 e. The molecular formula is C27H20BrF4NO4. The Morgan fingerprint density at radius 3 is 2.16 bits per heavy atom. The molecule has 0 saturated carbocycles. The lowest BCUT2D eigenvalue weighted by atomic mass is 9.96. The van der Waals surface area contributed by atoms with Crippen molar-refractivity contribution in [2.75, 3.05) is 0 Å². The average molecular weight is 578 g/mol. The molecule has 2 unspecified atom stereocenters. The van der Waals surface area contributed by atoms with Crippen molar-refractivity contribution in [2.45, 2.75) is 25.7 Å². The van der Waals surface area contributed by atoms with E-state index in [0.717, 1.165) is 34.9 Å². The van der Waals surface area contributed by atoms with Crippen LogP contribution in [0.2, 0.25) is 0 Å². The zero-order valence-electron chi connectivity index (χ0n) is 19.3. The Kier molecular flexibility index (Phi) is 7.82. The van der Waals surface area contributed by atoms with Crippen molar-refractivity contribution in [3.63, 3.8) is 0 Å². The van der Waals surface area contributed by atoms with E-state index in [1.807, 2.05) is 0 Å². The van der Waals surface area contributed by atoms with Crippen LogP contribution in [0.25, 0.3) is 5.69 Å². The van der Waals surface area contributed by atoms with Gasteiger partial charge in [-0.2, -0.15) is 0 Å². The Labute approximate surface area is 217 Å². The number of pyridine rings is 1. The summed E-state index contributed by atoms with van der Waals surface area (Å²) in [5.41, 5.74) is -1.66. The van der Waals surface area contributed by atoms with Crippen LogP contribution in [0.15, 0.2) is 76.0 Å². The van der Waals surface area contributed by atoms with Crippen LogP contribution < -0.4 is 10.3 Å². The molecule has 0 aliphatic rings. The fourth-order valence-corrected chi connectivity index (χ4v) is 4.50. The van der Waals surface area contributed by atoms with Crippen LogP contribution in [0.4, 0.5) is 17.6 Å². The largest absolute Gasteiger partial charge is 0.487 e. The highest BCUT2D eigenvalue weighted by Crippen LogP contribution is 2.40. The van der Waals surface area contributed by atoms with Crippen LogP contribution >= 0.6 is 15.9 Å². The van der Waals surface area contributed by atoms with Crippen molar-refractivity contribution in [1.29, 1.82) is 0 Å². The van der Waals surface area contributed by atoms with E-state index in [-0.39, 0.29) is 27.0 Å². The second kappa shape index (κ2) is 10.9. The van der Waals surface area contributed by atoms with Crippen molar-refractivity contribution in [3.8, 4) is 11.4 Å². The van der Waals surface area contributed by atoms with Gasteiger partial charge in [-0.05, 0) is 52.7 Å². The second-order valence-electron chi connectivity index (χ2n) is 8.18. The van der Waals surface area contributed by atoms with Crippen molar-refractivity contribution in [1.82, 2.24) is 4.57 Å². The molecule has 0 saturated heterocycles. The minimum Gasteiger partial charge on any atom is -0.487 e. The van der Waals surface area contributed by atoms with E-state index in [9.17, 15) is 32.6 Å². The molecule has 0 bridgehead atoms. The third-order valence-electron chi connectivity index (χ3n) is 5.84. The van der Waals surface area contributed by atoms with E-state index in [1.54, 1.807) is 30.3 Å². The van der Waals surface area contributed by atoms with E-state index in [0.29, 0.717) is 11.6 Å². The van der Waals surface area contributed by atoms with Gasteiger partial charge in [-0.25, -0.2) is 17.6 Å². The van der Waals surface area contributed by atoms with Crippen LogP contribution in [-0.2, 0) is 6.61 Å². The van der Waals surface area contributed by atoms with Crippen molar-refractivity contribution in [3.05, 3.63) is 127 Å². The molecule has 0 aliphatic heterocycles. The molecule has 5 nitrogen and oxygen atoms in total. The highest BCUT2D eigenvalue weighted by molar-refractivity contribution is 9.10. The maximum atomic E-state index is 14.7. The number of ether oxygens (including phenoxy) is 1. The first-order chi connectivity index (χ1) is 17.6. The topological polar surface area (TPSA) is 71.7 Å². The SMILES string of the molecule is Cc1c(C(O)C(O)c2ccccc2)c(OCc2ccc(F)cc2F)c(Br)c(=O)n1-c1c(F)cccc1F. The number of aliphatic hydroxyl groups excluding tert-OH is 2. The van der Waals surface area contributed by atoms with Gasteiger partial charge in [0.2, 0.25) is 0 Å². The second-order valence-corrected chi connectivity index (χ2v) is 8.97. The van der Waals surface area contributed by atoms with Crippen molar-refractivity contribution < 1.29 is 32.5 Å². The summed E-state index contributed by atoms with van der Waals surface area (Å²) in [6.45, 7) is 0.837. The lowest BCUT2D eigenvalue weighted by Gasteiger charge is -2.26. The zero-order valence-corrected chi connectivity index (χ0v) is 20.8. The number of benzene rings is 3.